The lowest BCUT2D eigenvalue weighted by Gasteiger charge is -2.43. The van der Waals surface area contributed by atoms with Gasteiger partial charge in [-0.15, -0.1) is 11.3 Å². The van der Waals surface area contributed by atoms with Crippen molar-refractivity contribution in [1.82, 2.24) is 0 Å². The predicted molar refractivity (Wildman–Crippen MR) is 67.2 cm³/mol. The van der Waals surface area contributed by atoms with Crippen LogP contribution in [0.3, 0.4) is 0 Å². The van der Waals surface area contributed by atoms with Crippen molar-refractivity contribution < 1.29 is 0 Å². The molecule has 1 aromatic rings. The lowest BCUT2D eigenvalue weighted by Crippen LogP contribution is -2.44. The standard InChI is InChI=1S/C13H21NS/c1-10-11(5-8-15-10)13(14)7-4-6-12(2,3)9-13/h5,8H,4,6-7,9,14H2,1-3H3. The number of nitrogens with two attached hydrogens (primary N) is 1. The van der Waals surface area contributed by atoms with Gasteiger partial charge in [0.15, 0.2) is 0 Å². The van der Waals surface area contributed by atoms with E-state index in [-0.39, 0.29) is 5.54 Å². The van der Waals surface area contributed by atoms with E-state index in [1.54, 1.807) is 0 Å². The van der Waals surface area contributed by atoms with E-state index < -0.39 is 0 Å². The molecule has 1 fully saturated rings. The quantitative estimate of drug-likeness (QED) is 0.769. The highest BCUT2D eigenvalue weighted by Gasteiger charge is 2.39. The van der Waals surface area contributed by atoms with E-state index in [1.807, 2.05) is 11.3 Å². The molecule has 0 amide bonds. The highest BCUT2D eigenvalue weighted by molar-refractivity contribution is 7.10. The monoisotopic (exact) mass is 223 g/mol. The fourth-order valence-corrected chi connectivity index (χ4v) is 3.85. The van der Waals surface area contributed by atoms with Crippen LogP contribution in [0.4, 0.5) is 0 Å². The number of hydrogen-bond acceptors (Lipinski definition) is 2. The molecule has 1 nitrogen and oxygen atoms in total. The van der Waals surface area contributed by atoms with E-state index in [9.17, 15) is 0 Å². The van der Waals surface area contributed by atoms with Crippen molar-refractivity contribution in [3.63, 3.8) is 0 Å². The molecule has 0 saturated heterocycles. The first-order valence-electron chi connectivity index (χ1n) is 5.76. The van der Waals surface area contributed by atoms with Gasteiger partial charge < -0.3 is 5.73 Å². The average Bonchev–Trinajstić information content (AvgIpc) is 2.49. The minimum Gasteiger partial charge on any atom is -0.321 e. The topological polar surface area (TPSA) is 26.0 Å². The molecule has 0 bridgehead atoms. The normalized spacial score (nSPS) is 30.4. The Hall–Kier alpha value is -0.340. The van der Waals surface area contributed by atoms with Crippen molar-refractivity contribution in [2.24, 2.45) is 11.1 Å². The summed E-state index contributed by atoms with van der Waals surface area (Å²) in [5.74, 6) is 0. The molecule has 1 heterocycles. The van der Waals surface area contributed by atoms with E-state index >= 15 is 0 Å². The summed E-state index contributed by atoms with van der Waals surface area (Å²) in [7, 11) is 0. The Morgan fingerprint density at radius 1 is 1.33 bits per heavy atom. The second-order valence-electron chi connectivity index (χ2n) is 5.74. The van der Waals surface area contributed by atoms with Crippen molar-refractivity contribution >= 4 is 11.3 Å². The molecular weight excluding hydrogens is 202 g/mol. The van der Waals surface area contributed by atoms with Gasteiger partial charge in [-0.2, -0.15) is 0 Å². The molecule has 2 heteroatoms. The van der Waals surface area contributed by atoms with Crippen LogP contribution < -0.4 is 5.73 Å². The molecule has 1 atom stereocenters. The fourth-order valence-electron chi connectivity index (χ4n) is 3.04. The summed E-state index contributed by atoms with van der Waals surface area (Å²) in [4.78, 5) is 1.40. The van der Waals surface area contributed by atoms with Crippen molar-refractivity contribution in [3.8, 4) is 0 Å². The van der Waals surface area contributed by atoms with Gasteiger partial charge in [0.2, 0.25) is 0 Å². The molecule has 0 spiro atoms. The van der Waals surface area contributed by atoms with E-state index in [2.05, 4.69) is 32.2 Å². The molecule has 1 saturated carbocycles. The maximum atomic E-state index is 6.61. The molecule has 84 valence electrons. The van der Waals surface area contributed by atoms with Crippen LogP contribution in [0.1, 0.15) is 50.0 Å². The Labute approximate surface area is 96.7 Å². The summed E-state index contributed by atoms with van der Waals surface area (Å²) in [6, 6.07) is 2.22. The summed E-state index contributed by atoms with van der Waals surface area (Å²) in [5, 5.41) is 2.17. The highest BCUT2D eigenvalue weighted by atomic mass is 32.1. The molecule has 1 unspecified atom stereocenters. The maximum absolute atomic E-state index is 6.61. The molecule has 15 heavy (non-hydrogen) atoms. The molecular formula is C13H21NS. The van der Waals surface area contributed by atoms with Crippen molar-refractivity contribution in [2.45, 2.75) is 52.0 Å². The zero-order chi connectivity index (χ0) is 11.1. The summed E-state index contributed by atoms with van der Waals surface area (Å²) in [6.07, 6.45) is 4.85. The van der Waals surface area contributed by atoms with Crippen LogP contribution in [0.5, 0.6) is 0 Å². The molecule has 1 aliphatic carbocycles. The van der Waals surface area contributed by atoms with Crippen LogP contribution in [0, 0.1) is 12.3 Å². The zero-order valence-electron chi connectivity index (χ0n) is 9.97. The van der Waals surface area contributed by atoms with E-state index in [0.29, 0.717) is 5.41 Å². The third kappa shape index (κ3) is 2.11. The number of thiophene rings is 1. The number of rotatable bonds is 1. The van der Waals surface area contributed by atoms with Gasteiger partial charge in [0, 0.05) is 10.4 Å². The Kier molecular flexibility index (Phi) is 2.68. The largest absolute Gasteiger partial charge is 0.321 e. The minimum atomic E-state index is -0.0637. The van der Waals surface area contributed by atoms with Crippen molar-refractivity contribution in [1.29, 1.82) is 0 Å². The first-order valence-corrected chi connectivity index (χ1v) is 6.64. The van der Waals surface area contributed by atoms with E-state index in [0.717, 1.165) is 12.8 Å². The summed E-state index contributed by atoms with van der Waals surface area (Å²) in [5.41, 5.74) is 8.34. The van der Waals surface area contributed by atoms with Gasteiger partial charge in [0.05, 0.1) is 0 Å². The van der Waals surface area contributed by atoms with Gasteiger partial charge in [-0.1, -0.05) is 20.3 Å². The van der Waals surface area contributed by atoms with Gasteiger partial charge in [0.25, 0.3) is 0 Å². The Bertz CT molecular complexity index is 353. The fraction of sp³-hybridized carbons (Fsp3) is 0.692. The maximum Gasteiger partial charge on any atom is 0.0425 e. The van der Waals surface area contributed by atoms with E-state index in [1.165, 1.54) is 23.3 Å². The van der Waals surface area contributed by atoms with Gasteiger partial charge >= 0.3 is 0 Å². The molecule has 2 N–H and O–H groups in total. The lowest BCUT2D eigenvalue weighted by atomic mass is 9.66. The molecule has 0 radical (unpaired) electrons. The lowest BCUT2D eigenvalue weighted by molar-refractivity contribution is 0.151. The van der Waals surface area contributed by atoms with Crippen LogP contribution in [0.15, 0.2) is 11.4 Å². The van der Waals surface area contributed by atoms with Gasteiger partial charge in [-0.25, -0.2) is 0 Å². The van der Waals surface area contributed by atoms with Gasteiger partial charge in [-0.3, -0.25) is 0 Å². The summed E-state index contributed by atoms with van der Waals surface area (Å²) >= 11 is 1.82. The van der Waals surface area contributed by atoms with Crippen LogP contribution in [-0.2, 0) is 5.54 Å². The van der Waals surface area contributed by atoms with E-state index in [4.69, 9.17) is 5.73 Å². The average molecular weight is 223 g/mol. The first kappa shape index (κ1) is 11.2. The highest BCUT2D eigenvalue weighted by Crippen LogP contribution is 2.46. The molecule has 2 rings (SSSR count). The molecule has 1 aliphatic rings. The molecule has 1 aromatic heterocycles. The second kappa shape index (κ2) is 3.60. The Morgan fingerprint density at radius 2 is 2.07 bits per heavy atom. The SMILES string of the molecule is Cc1sccc1C1(N)CCCC(C)(C)C1. The third-order valence-electron chi connectivity index (χ3n) is 3.67. The number of hydrogen-bond donors (Lipinski definition) is 1. The van der Waals surface area contributed by atoms with Crippen molar-refractivity contribution in [2.75, 3.05) is 0 Å². The summed E-state index contributed by atoms with van der Waals surface area (Å²) in [6.45, 7) is 6.88. The Balaban J connectivity index is 2.31. The zero-order valence-corrected chi connectivity index (χ0v) is 10.8. The molecule has 0 aromatic carbocycles. The van der Waals surface area contributed by atoms with Crippen LogP contribution in [0.2, 0.25) is 0 Å². The van der Waals surface area contributed by atoms with Crippen molar-refractivity contribution in [3.05, 3.63) is 21.9 Å². The predicted octanol–water partition coefficient (Wildman–Crippen LogP) is 3.81. The van der Waals surface area contributed by atoms with Crippen LogP contribution in [0.25, 0.3) is 0 Å². The Morgan fingerprint density at radius 3 is 2.60 bits per heavy atom. The smallest absolute Gasteiger partial charge is 0.0425 e. The third-order valence-corrected chi connectivity index (χ3v) is 4.51. The summed E-state index contributed by atoms with van der Waals surface area (Å²) < 4.78 is 0. The van der Waals surface area contributed by atoms with Gasteiger partial charge in [-0.05, 0) is 48.6 Å². The second-order valence-corrected chi connectivity index (χ2v) is 6.86. The van der Waals surface area contributed by atoms with Crippen LogP contribution >= 0.6 is 11.3 Å². The van der Waals surface area contributed by atoms with Gasteiger partial charge in [0.1, 0.15) is 0 Å². The van der Waals surface area contributed by atoms with Crippen LogP contribution in [-0.4, -0.2) is 0 Å². The minimum absolute atomic E-state index is 0.0637. The first-order chi connectivity index (χ1) is 6.93. The molecule has 0 aliphatic heterocycles. The number of aryl methyl sites for hydroxylation is 1.